The molecule has 0 amide bonds. The van der Waals surface area contributed by atoms with Gasteiger partial charge in [-0.05, 0) is 31.0 Å². The molecule has 5 heteroatoms. The lowest BCUT2D eigenvalue weighted by molar-refractivity contribution is 0.168. The zero-order valence-electron chi connectivity index (χ0n) is 11.5. The first kappa shape index (κ1) is 14.1. The summed E-state index contributed by atoms with van der Waals surface area (Å²) in [7, 11) is -3.60. The van der Waals surface area contributed by atoms with Gasteiger partial charge < -0.3 is 5.11 Å². The molecule has 0 radical (unpaired) electrons. The van der Waals surface area contributed by atoms with Crippen molar-refractivity contribution in [1.82, 2.24) is 0 Å². The van der Waals surface area contributed by atoms with Gasteiger partial charge in [0.05, 0.1) is 16.7 Å². The monoisotopic (exact) mass is 303 g/mol. The van der Waals surface area contributed by atoms with Gasteiger partial charge in [-0.1, -0.05) is 36.4 Å². The van der Waals surface area contributed by atoms with E-state index in [1.54, 1.807) is 48.5 Å². The lowest BCUT2D eigenvalue weighted by Crippen LogP contribution is -2.31. The van der Waals surface area contributed by atoms with Crippen LogP contribution in [0, 0.1) is 0 Å². The van der Waals surface area contributed by atoms with E-state index in [1.165, 1.54) is 4.31 Å². The van der Waals surface area contributed by atoms with Crippen molar-refractivity contribution in [2.75, 3.05) is 10.8 Å². The molecule has 0 aliphatic carbocycles. The number of aliphatic hydroxyl groups excluding tert-OH is 1. The minimum atomic E-state index is -3.60. The van der Waals surface area contributed by atoms with Gasteiger partial charge >= 0.3 is 0 Å². The number of benzene rings is 2. The van der Waals surface area contributed by atoms with Crippen LogP contribution in [0.5, 0.6) is 0 Å². The van der Waals surface area contributed by atoms with Crippen LogP contribution in [0.25, 0.3) is 0 Å². The second kappa shape index (κ2) is 5.50. The van der Waals surface area contributed by atoms with Gasteiger partial charge in [0.25, 0.3) is 10.0 Å². The van der Waals surface area contributed by atoms with Crippen molar-refractivity contribution in [2.45, 2.75) is 23.8 Å². The minimum Gasteiger partial charge on any atom is -0.388 e. The van der Waals surface area contributed by atoms with Gasteiger partial charge in [-0.15, -0.1) is 0 Å². The summed E-state index contributed by atoms with van der Waals surface area (Å²) in [5.74, 6) is 0. The van der Waals surface area contributed by atoms with E-state index >= 15 is 0 Å². The highest BCUT2D eigenvalue weighted by Gasteiger charge is 2.30. The molecule has 1 aliphatic heterocycles. The van der Waals surface area contributed by atoms with Crippen LogP contribution in [0.15, 0.2) is 59.5 Å². The van der Waals surface area contributed by atoms with Crippen LogP contribution in [0.4, 0.5) is 5.69 Å². The van der Waals surface area contributed by atoms with Crippen LogP contribution in [0.2, 0.25) is 0 Å². The van der Waals surface area contributed by atoms with E-state index in [1.807, 2.05) is 6.07 Å². The van der Waals surface area contributed by atoms with Crippen molar-refractivity contribution in [2.24, 2.45) is 0 Å². The molecular formula is C16H17NO3S. The van der Waals surface area contributed by atoms with Crippen LogP contribution in [-0.4, -0.2) is 20.1 Å². The van der Waals surface area contributed by atoms with E-state index in [-0.39, 0.29) is 4.90 Å². The van der Waals surface area contributed by atoms with Crippen LogP contribution >= 0.6 is 0 Å². The molecule has 21 heavy (non-hydrogen) atoms. The molecule has 0 bridgehead atoms. The molecule has 1 unspecified atom stereocenters. The largest absolute Gasteiger partial charge is 0.388 e. The third-order valence-corrected chi connectivity index (χ3v) is 5.56. The van der Waals surface area contributed by atoms with Crippen LogP contribution < -0.4 is 4.31 Å². The van der Waals surface area contributed by atoms with Gasteiger partial charge in [0.15, 0.2) is 0 Å². The van der Waals surface area contributed by atoms with Gasteiger partial charge in [-0.2, -0.15) is 0 Å². The molecule has 0 fully saturated rings. The summed E-state index contributed by atoms with van der Waals surface area (Å²) < 4.78 is 27.1. The summed E-state index contributed by atoms with van der Waals surface area (Å²) in [4.78, 5) is 0.274. The van der Waals surface area contributed by atoms with E-state index in [2.05, 4.69) is 0 Å². The molecule has 110 valence electrons. The van der Waals surface area contributed by atoms with Crippen molar-refractivity contribution in [3.8, 4) is 0 Å². The summed E-state index contributed by atoms with van der Waals surface area (Å²) in [5, 5.41) is 10.2. The second-order valence-electron chi connectivity index (χ2n) is 5.11. The third-order valence-electron chi connectivity index (χ3n) is 3.73. The standard InChI is InChI=1S/C16H17NO3S/c18-16-11-6-12-17(15-10-5-4-9-14(15)16)21(19,20)13-7-2-1-3-8-13/h1-5,7-10,16,18H,6,11-12H2. The van der Waals surface area contributed by atoms with Crippen LogP contribution in [-0.2, 0) is 10.0 Å². The molecule has 2 aromatic carbocycles. The Labute approximate surface area is 124 Å². The Morgan fingerprint density at radius 1 is 1.00 bits per heavy atom. The smallest absolute Gasteiger partial charge is 0.264 e. The molecule has 4 nitrogen and oxygen atoms in total. The second-order valence-corrected chi connectivity index (χ2v) is 6.97. The highest BCUT2D eigenvalue weighted by Crippen LogP contribution is 2.35. The number of hydrogen-bond donors (Lipinski definition) is 1. The van der Waals surface area contributed by atoms with Gasteiger partial charge in [0, 0.05) is 12.1 Å². The lowest BCUT2D eigenvalue weighted by atomic mass is 10.1. The number of aliphatic hydroxyl groups is 1. The zero-order chi connectivity index (χ0) is 14.9. The number of rotatable bonds is 2. The summed E-state index contributed by atoms with van der Waals surface area (Å²) >= 11 is 0. The number of hydrogen-bond acceptors (Lipinski definition) is 3. The summed E-state index contributed by atoms with van der Waals surface area (Å²) in [6, 6.07) is 15.6. The SMILES string of the molecule is O=S(=O)(c1ccccc1)N1CCCC(O)c2ccccc21. The number of para-hydroxylation sites is 1. The van der Waals surface area contributed by atoms with Gasteiger partial charge in [-0.3, -0.25) is 4.31 Å². The van der Waals surface area contributed by atoms with Gasteiger partial charge in [0.1, 0.15) is 0 Å². The molecule has 0 saturated carbocycles. The van der Waals surface area contributed by atoms with Gasteiger partial charge in [0.2, 0.25) is 0 Å². The average Bonchev–Trinajstić information content (AvgIpc) is 2.68. The maximum absolute atomic E-state index is 12.9. The van der Waals surface area contributed by atoms with Crippen molar-refractivity contribution >= 4 is 15.7 Å². The first-order valence-electron chi connectivity index (χ1n) is 6.95. The first-order chi connectivity index (χ1) is 10.1. The Balaban J connectivity index is 2.12. The minimum absolute atomic E-state index is 0.274. The highest BCUT2D eigenvalue weighted by molar-refractivity contribution is 7.92. The molecule has 0 aromatic heterocycles. The van der Waals surface area contributed by atoms with Crippen LogP contribution in [0.3, 0.4) is 0 Å². The van der Waals surface area contributed by atoms with E-state index in [0.29, 0.717) is 30.6 Å². The van der Waals surface area contributed by atoms with E-state index in [9.17, 15) is 13.5 Å². The lowest BCUT2D eigenvalue weighted by Gasteiger charge is -2.24. The quantitative estimate of drug-likeness (QED) is 0.928. The molecular weight excluding hydrogens is 286 g/mol. The normalized spacial score (nSPS) is 18.9. The highest BCUT2D eigenvalue weighted by atomic mass is 32.2. The first-order valence-corrected chi connectivity index (χ1v) is 8.39. The predicted octanol–water partition coefficient (Wildman–Crippen LogP) is 2.71. The number of fused-ring (bicyclic) bond motifs is 1. The predicted molar refractivity (Wildman–Crippen MR) is 81.6 cm³/mol. The fraction of sp³-hybridized carbons (Fsp3) is 0.250. The van der Waals surface area contributed by atoms with Crippen molar-refractivity contribution in [3.63, 3.8) is 0 Å². The summed E-state index contributed by atoms with van der Waals surface area (Å²) in [6.45, 7) is 0.380. The van der Waals surface area contributed by atoms with Crippen molar-refractivity contribution < 1.29 is 13.5 Å². The Kier molecular flexibility index (Phi) is 3.69. The molecule has 1 atom stereocenters. The Morgan fingerprint density at radius 3 is 2.43 bits per heavy atom. The molecule has 1 N–H and O–H groups in total. The molecule has 2 aromatic rings. The Bertz CT molecular complexity index is 728. The average molecular weight is 303 g/mol. The molecule has 1 aliphatic rings. The fourth-order valence-electron chi connectivity index (χ4n) is 2.67. The Hall–Kier alpha value is -1.85. The number of nitrogens with zero attached hydrogens (tertiary/aromatic N) is 1. The molecule has 0 spiro atoms. The van der Waals surface area contributed by atoms with Crippen molar-refractivity contribution in [3.05, 3.63) is 60.2 Å². The van der Waals surface area contributed by atoms with E-state index in [0.717, 1.165) is 0 Å². The number of sulfonamides is 1. The third kappa shape index (κ3) is 2.54. The van der Waals surface area contributed by atoms with E-state index in [4.69, 9.17) is 0 Å². The maximum Gasteiger partial charge on any atom is 0.264 e. The molecule has 3 rings (SSSR count). The fourth-order valence-corrected chi connectivity index (χ4v) is 4.22. The van der Waals surface area contributed by atoms with E-state index < -0.39 is 16.1 Å². The summed E-state index contributed by atoms with van der Waals surface area (Å²) in [5.41, 5.74) is 1.25. The molecule has 1 heterocycles. The zero-order valence-corrected chi connectivity index (χ0v) is 12.3. The molecule has 0 saturated heterocycles. The summed E-state index contributed by atoms with van der Waals surface area (Å²) in [6.07, 6.45) is 0.580. The van der Waals surface area contributed by atoms with Crippen molar-refractivity contribution in [1.29, 1.82) is 0 Å². The van der Waals surface area contributed by atoms with Crippen LogP contribution in [0.1, 0.15) is 24.5 Å². The topological polar surface area (TPSA) is 57.6 Å². The Morgan fingerprint density at radius 2 is 1.67 bits per heavy atom. The maximum atomic E-state index is 12.9. The van der Waals surface area contributed by atoms with Gasteiger partial charge in [-0.25, -0.2) is 8.42 Å². The number of anilines is 1.